The van der Waals surface area contributed by atoms with E-state index >= 15 is 0 Å². The van der Waals surface area contributed by atoms with Gasteiger partial charge in [-0.25, -0.2) is 0 Å². The third kappa shape index (κ3) is 4.58. The molecule has 2 N–H and O–H groups in total. The molecule has 0 fully saturated rings. The van der Waals surface area contributed by atoms with E-state index < -0.39 is 6.10 Å². The van der Waals surface area contributed by atoms with Crippen LogP contribution in [0, 0.1) is 0 Å². The molecule has 3 aromatic rings. The maximum atomic E-state index is 11.8. The normalized spacial score (nSPS) is 13.2. The van der Waals surface area contributed by atoms with Gasteiger partial charge in [0.05, 0.1) is 6.10 Å². The second-order valence-electron chi connectivity index (χ2n) is 6.23. The van der Waals surface area contributed by atoms with Crippen molar-refractivity contribution in [1.29, 1.82) is 0 Å². The lowest BCUT2D eigenvalue weighted by Gasteiger charge is -2.20. The second kappa shape index (κ2) is 8.45. The predicted octanol–water partition coefficient (Wildman–Crippen LogP) is 3.20. The molecule has 0 unspecified atom stereocenters. The van der Waals surface area contributed by atoms with E-state index in [-0.39, 0.29) is 11.7 Å². The van der Waals surface area contributed by atoms with Gasteiger partial charge in [-0.2, -0.15) is 0 Å². The summed E-state index contributed by atoms with van der Waals surface area (Å²) in [6, 6.07) is 14.8. The number of aromatic nitrogens is 2. The minimum atomic E-state index is -0.577. The first-order chi connectivity index (χ1) is 12.6. The summed E-state index contributed by atoms with van der Waals surface area (Å²) in [7, 11) is 0. The summed E-state index contributed by atoms with van der Waals surface area (Å²) in [6.45, 7) is 1.85. The molecular weight excluding hydrogens is 328 g/mol. The van der Waals surface area contributed by atoms with Crippen LogP contribution in [0.3, 0.4) is 0 Å². The summed E-state index contributed by atoms with van der Waals surface area (Å²) < 4.78 is 5.83. The van der Waals surface area contributed by atoms with Gasteiger partial charge in [0.15, 0.2) is 0 Å². The molecule has 2 atom stereocenters. The quantitative estimate of drug-likeness (QED) is 0.686. The number of pyridine rings is 2. The van der Waals surface area contributed by atoms with Gasteiger partial charge in [0.2, 0.25) is 0 Å². The number of aliphatic hydroxyl groups excluding tert-OH is 1. The molecule has 3 rings (SSSR count). The number of rotatable bonds is 7. The first kappa shape index (κ1) is 17.9. The molecule has 0 bridgehead atoms. The SMILES string of the molecule is C[C@H](Oc1ccc(-c2ccc[nH]c2=O)cc1)[C@H](O)CCc1cccnc1. The Hall–Kier alpha value is -2.92. The number of H-pyrrole nitrogens is 1. The average Bonchev–Trinajstić information content (AvgIpc) is 2.68. The summed E-state index contributed by atoms with van der Waals surface area (Å²) in [5.74, 6) is 0.661. The molecule has 5 nitrogen and oxygen atoms in total. The summed E-state index contributed by atoms with van der Waals surface area (Å²) in [6.07, 6.45) is 5.59. The lowest BCUT2D eigenvalue weighted by atomic mass is 10.1. The fraction of sp³-hybridized carbons (Fsp3) is 0.238. The fourth-order valence-electron chi connectivity index (χ4n) is 2.75. The zero-order valence-electron chi connectivity index (χ0n) is 14.6. The standard InChI is InChI=1S/C21H22N2O3/c1-15(20(24)11-6-16-4-2-12-22-14-16)26-18-9-7-17(8-10-18)19-5-3-13-23-21(19)25/h2-5,7-10,12-15,20,24H,6,11H2,1H3,(H,23,25)/t15-,20+/m0/s1. The second-order valence-corrected chi connectivity index (χ2v) is 6.23. The summed E-state index contributed by atoms with van der Waals surface area (Å²) >= 11 is 0. The number of benzene rings is 1. The van der Waals surface area contributed by atoms with Crippen molar-refractivity contribution in [3.63, 3.8) is 0 Å². The number of aromatic amines is 1. The molecule has 0 aliphatic carbocycles. The van der Waals surface area contributed by atoms with Gasteiger partial charge in [-0.1, -0.05) is 18.2 Å². The highest BCUT2D eigenvalue weighted by molar-refractivity contribution is 5.62. The van der Waals surface area contributed by atoms with E-state index in [1.807, 2.05) is 49.5 Å². The van der Waals surface area contributed by atoms with Crippen LogP contribution in [0.4, 0.5) is 0 Å². The van der Waals surface area contributed by atoms with E-state index in [2.05, 4.69) is 9.97 Å². The average molecular weight is 350 g/mol. The molecule has 134 valence electrons. The van der Waals surface area contributed by atoms with Gasteiger partial charge in [-0.05, 0) is 61.2 Å². The molecule has 0 radical (unpaired) electrons. The molecule has 0 aliphatic rings. The predicted molar refractivity (Wildman–Crippen MR) is 101 cm³/mol. The summed E-state index contributed by atoms with van der Waals surface area (Å²) in [4.78, 5) is 18.6. The Morgan fingerprint density at radius 2 is 1.96 bits per heavy atom. The zero-order chi connectivity index (χ0) is 18.4. The first-order valence-corrected chi connectivity index (χ1v) is 8.65. The molecule has 1 aromatic carbocycles. The Morgan fingerprint density at radius 3 is 2.65 bits per heavy atom. The Kier molecular flexibility index (Phi) is 5.81. The number of aliphatic hydroxyl groups is 1. The van der Waals surface area contributed by atoms with Crippen molar-refractivity contribution < 1.29 is 9.84 Å². The van der Waals surface area contributed by atoms with Gasteiger partial charge in [-0.3, -0.25) is 9.78 Å². The number of nitrogens with zero attached hydrogens (tertiary/aromatic N) is 1. The van der Waals surface area contributed by atoms with Gasteiger partial charge < -0.3 is 14.8 Å². The molecule has 0 saturated heterocycles. The highest BCUT2D eigenvalue weighted by Crippen LogP contribution is 2.21. The van der Waals surface area contributed by atoms with Gasteiger partial charge in [-0.15, -0.1) is 0 Å². The van der Waals surface area contributed by atoms with Crippen LogP contribution < -0.4 is 10.3 Å². The van der Waals surface area contributed by atoms with Crippen molar-refractivity contribution in [2.45, 2.75) is 32.0 Å². The topological polar surface area (TPSA) is 75.2 Å². The van der Waals surface area contributed by atoms with Crippen LogP contribution in [-0.4, -0.2) is 27.3 Å². The van der Waals surface area contributed by atoms with Crippen molar-refractivity contribution in [3.05, 3.63) is 83.0 Å². The van der Waals surface area contributed by atoms with Gasteiger partial charge in [0, 0.05) is 24.2 Å². The molecular formula is C21H22N2O3. The fourth-order valence-corrected chi connectivity index (χ4v) is 2.75. The Balaban J connectivity index is 1.58. The molecule has 5 heteroatoms. The third-order valence-corrected chi connectivity index (χ3v) is 4.30. The van der Waals surface area contributed by atoms with E-state index in [0.29, 0.717) is 17.7 Å². The summed E-state index contributed by atoms with van der Waals surface area (Å²) in [5, 5.41) is 10.3. The smallest absolute Gasteiger partial charge is 0.255 e. The van der Waals surface area contributed by atoms with E-state index in [9.17, 15) is 9.90 Å². The molecule has 0 aliphatic heterocycles. The van der Waals surface area contributed by atoms with Crippen LogP contribution in [0.2, 0.25) is 0 Å². The van der Waals surface area contributed by atoms with Crippen LogP contribution in [-0.2, 0) is 6.42 Å². The summed E-state index contributed by atoms with van der Waals surface area (Å²) in [5.41, 5.74) is 2.41. The molecule has 2 aromatic heterocycles. The van der Waals surface area contributed by atoms with Crippen molar-refractivity contribution >= 4 is 0 Å². The lowest BCUT2D eigenvalue weighted by molar-refractivity contribution is 0.0420. The number of aryl methyl sites for hydroxylation is 1. The lowest BCUT2D eigenvalue weighted by Crippen LogP contribution is -2.29. The molecule has 2 heterocycles. The van der Waals surface area contributed by atoms with Crippen LogP contribution in [0.1, 0.15) is 18.9 Å². The highest BCUT2D eigenvalue weighted by Gasteiger charge is 2.16. The maximum absolute atomic E-state index is 11.8. The van der Waals surface area contributed by atoms with E-state index in [0.717, 1.165) is 17.5 Å². The number of hydrogen-bond donors (Lipinski definition) is 2. The Labute approximate surface area is 152 Å². The first-order valence-electron chi connectivity index (χ1n) is 8.65. The van der Waals surface area contributed by atoms with Gasteiger partial charge in [0.1, 0.15) is 11.9 Å². The van der Waals surface area contributed by atoms with Crippen molar-refractivity contribution in [1.82, 2.24) is 9.97 Å². The van der Waals surface area contributed by atoms with E-state index in [1.54, 1.807) is 24.5 Å². The van der Waals surface area contributed by atoms with Crippen LogP contribution >= 0.6 is 0 Å². The van der Waals surface area contributed by atoms with Gasteiger partial charge >= 0.3 is 0 Å². The highest BCUT2D eigenvalue weighted by atomic mass is 16.5. The number of nitrogens with one attached hydrogen (secondary N) is 1. The Morgan fingerprint density at radius 1 is 1.15 bits per heavy atom. The van der Waals surface area contributed by atoms with Crippen LogP contribution in [0.25, 0.3) is 11.1 Å². The van der Waals surface area contributed by atoms with Gasteiger partial charge in [0.25, 0.3) is 5.56 Å². The van der Waals surface area contributed by atoms with Crippen molar-refractivity contribution in [3.8, 4) is 16.9 Å². The molecule has 26 heavy (non-hydrogen) atoms. The maximum Gasteiger partial charge on any atom is 0.255 e. The number of hydrogen-bond acceptors (Lipinski definition) is 4. The minimum absolute atomic E-state index is 0.125. The molecule has 0 spiro atoms. The Bertz CT molecular complexity index is 876. The van der Waals surface area contributed by atoms with E-state index in [4.69, 9.17) is 4.74 Å². The van der Waals surface area contributed by atoms with E-state index in [1.165, 1.54) is 0 Å². The van der Waals surface area contributed by atoms with Crippen LogP contribution in [0.15, 0.2) is 71.9 Å². The molecule has 0 amide bonds. The monoisotopic (exact) mass is 350 g/mol. The largest absolute Gasteiger partial charge is 0.488 e. The van der Waals surface area contributed by atoms with Crippen molar-refractivity contribution in [2.24, 2.45) is 0 Å². The minimum Gasteiger partial charge on any atom is -0.488 e. The number of ether oxygens (including phenoxy) is 1. The third-order valence-electron chi connectivity index (χ3n) is 4.30. The van der Waals surface area contributed by atoms with Crippen molar-refractivity contribution in [2.75, 3.05) is 0 Å². The van der Waals surface area contributed by atoms with Crippen LogP contribution in [0.5, 0.6) is 5.75 Å². The molecule has 0 saturated carbocycles. The zero-order valence-corrected chi connectivity index (χ0v) is 14.6.